The van der Waals surface area contributed by atoms with E-state index in [1.807, 2.05) is 0 Å². The molecule has 1 aliphatic rings. The zero-order chi connectivity index (χ0) is 16.9. The van der Waals surface area contributed by atoms with E-state index in [1.54, 1.807) is 18.5 Å². The average Bonchev–Trinajstić information content (AvgIpc) is 2.84. The zero-order valence-corrected chi connectivity index (χ0v) is 13.5. The van der Waals surface area contributed by atoms with Gasteiger partial charge in [-0.3, -0.25) is 14.3 Å². The maximum atomic E-state index is 11.6. The number of H-pyrrole nitrogens is 1. The maximum absolute atomic E-state index is 11.6. The van der Waals surface area contributed by atoms with Gasteiger partial charge in [0.05, 0.1) is 12.7 Å². The molecule has 10 heteroatoms. The van der Waals surface area contributed by atoms with Crippen LogP contribution in [0.5, 0.6) is 0 Å². The Balaban J connectivity index is 0.000000268. The van der Waals surface area contributed by atoms with Crippen LogP contribution in [-0.4, -0.2) is 48.5 Å². The van der Waals surface area contributed by atoms with Gasteiger partial charge in [-0.15, -0.1) is 0 Å². The number of nitrogens with zero attached hydrogens (tertiary/aromatic N) is 3. The highest BCUT2D eigenvalue weighted by Crippen LogP contribution is 2.39. The van der Waals surface area contributed by atoms with Crippen LogP contribution in [0.1, 0.15) is 6.42 Å². The quantitative estimate of drug-likeness (QED) is 0.573. The van der Waals surface area contributed by atoms with Crippen LogP contribution in [0.2, 0.25) is 0 Å². The summed E-state index contributed by atoms with van der Waals surface area (Å²) in [5, 5.41) is 18.6. The van der Waals surface area contributed by atoms with Crippen molar-refractivity contribution < 1.29 is 14.9 Å². The summed E-state index contributed by atoms with van der Waals surface area (Å²) in [6.07, 6.45) is 4.57. The topological polar surface area (TPSA) is 130 Å². The minimum atomic E-state index is -1.25. The monoisotopic (exact) mass is 386 g/mol. The van der Waals surface area contributed by atoms with Crippen molar-refractivity contribution >= 4 is 15.9 Å². The molecule has 0 amide bonds. The van der Waals surface area contributed by atoms with Crippen LogP contribution in [0.4, 0.5) is 0 Å². The molecule has 0 aliphatic carbocycles. The number of halogens is 1. The lowest BCUT2D eigenvalue weighted by molar-refractivity contribution is -0.0608. The van der Waals surface area contributed by atoms with Crippen molar-refractivity contribution in [1.29, 1.82) is 0 Å². The number of aliphatic hydroxyl groups is 2. The van der Waals surface area contributed by atoms with E-state index in [2.05, 4.69) is 30.9 Å². The first-order chi connectivity index (χ1) is 11.0. The number of ether oxygens (including phenoxy) is 1. The van der Waals surface area contributed by atoms with Crippen LogP contribution in [0.25, 0.3) is 0 Å². The van der Waals surface area contributed by atoms with E-state index >= 15 is 0 Å². The normalized spacial score (nSPS) is 26.4. The van der Waals surface area contributed by atoms with Crippen molar-refractivity contribution in [1.82, 2.24) is 19.5 Å². The summed E-state index contributed by atoms with van der Waals surface area (Å²) in [4.78, 5) is 32.0. The molecule has 9 nitrogen and oxygen atoms in total. The van der Waals surface area contributed by atoms with Gasteiger partial charge in [0.25, 0.3) is 5.56 Å². The molecule has 1 aliphatic heterocycles. The first-order valence-electron chi connectivity index (χ1n) is 6.64. The second-order valence-electron chi connectivity index (χ2n) is 4.68. The van der Waals surface area contributed by atoms with Crippen molar-refractivity contribution in [3.63, 3.8) is 0 Å². The third-order valence-electron chi connectivity index (χ3n) is 3.06. The molecule has 0 bridgehead atoms. The zero-order valence-electron chi connectivity index (χ0n) is 11.9. The number of aromatic amines is 1. The Morgan fingerprint density at radius 2 is 2.13 bits per heavy atom. The molecule has 0 aromatic carbocycles. The molecule has 0 saturated carbocycles. The van der Waals surface area contributed by atoms with Gasteiger partial charge in [0.1, 0.15) is 12.4 Å². The van der Waals surface area contributed by atoms with Gasteiger partial charge in [0.15, 0.2) is 0 Å². The van der Waals surface area contributed by atoms with Crippen LogP contribution < -0.4 is 11.2 Å². The van der Waals surface area contributed by atoms with E-state index in [-0.39, 0.29) is 13.0 Å². The number of rotatable bonds is 2. The lowest BCUT2D eigenvalue weighted by Crippen LogP contribution is -2.40. The number of aliphatic hydroxyl groups excluding tert-OH is 2. The number of alkyl halides is 1. The molecule has 0 spiro atoms. The van der Waals surface area contributed by atoms with E-state index in [4.69, 9.17) is 9.84 Å². The Morgan fingerprint density at radius 3 is 2.57 bits per heavy atom. The number of hydrogen-bond acceptors (Lipinski definition) is 7. The molecule has 1 fully saturated rings. The highest BCUT2D eigenvalue weighted by molar-refractivity contribution is 9.09. The highest BCUT2D eigenvalue weighted by atomic mass is 79.9. The molecule has 3 heterocycles. The number of nitrogens with one attached hydrogen (secondary N) is 1. The highest BCUT2D eigenvalue weighted by Gasteiger charge is 2.46. The summed E-state index contributed by atoms with van der Waals surface area (Å²) in [6, 6.07) is 2.95. The fraction of sp³-hybridized carbons (Fsp3) is 0.385. The molecule has 124 valence electrons. The molecule has 3 atom stereocenters. The molecule has 2 aromatic rings. The Morgan fingerprint density at radius 1 is 1.43 bits per heavy atom. The van der Waals surface area contributed by atoms with Crippen LogP contribution in [-0.2, 0) is 9.37 Å². The second-order valence-corrected chi connectivity index (χ2v) is 5.92. The largest absolute Gasteiger partial charge is 0.394 e. The summed E-state index contributed by atoms with van der Waals surface area (Å²) in [5.74, 6) is 0. The van der Waals surface area contributed by atoms with Crippen LogP contribution in [0, 0.1) is 0 Å². The fourth-order valence-electron chi connectivity index (χ4n) is 2.00. The second kappa shape index (κ2) is 7.59. The standard InChI is InChI=1S/C9H11BrN2O5.C4H4N2/c10-9(3-5(14)6(4-13)17-9)12-2-1-7(15)11-8(12)16;1-2-5-4-6-3-1/h1-2,5-6,13-14H,3-4H2,(H,11,15,16);1-4H/t5-,6+,9-;/m0./s1. The molecule has 2 aromatic heterocycles. The maximum Gasteiger partial charge on any atom is 0.331 e. The van der Waals surface area contributed by atoms with Crippen molar-refractivity contribution in [2.45, 2.75) is 23.3 Å². The van der Waals surface area contributed by atoms with Crippen LogP contribution in [0.15, 0.2) is 46.6 Å². The van der Waals surface area contributed by atoms with E-state index in [1.165, 1.54) is 18.6 Å². The van der Waals surface area contributed by atoms with Gasteiger partial charge in [-0.2, -0.15) is 0 Å². The number of hydrogen-bond donors (Lipinski definition) is 3. The lowest BCUT2D eigenvalue weighted by Gasteiger charge is -2.23. The molecule has 3 N–H and O–H groups in total. The Kier molecular flexibility index (Phi) is 5.77. The third-order valence-corrected chi connectivity index (χ3v) is 3.96. The SMILES string of the molecule is O=c1ccn([C@@]2(Br)C[C@H](O)[C@@H](CO)O2)c(=O)[nH]1.c1cncnc1. The van der Waals surface area contributed by atoms with Crippen molar-refractivity contribution in [2.75, 3.05) is 6.61 Å². The van der Waals surface area contributed by atoms with Gasteiger partial charge >= 0.3 is 5.69 Å². The van der Waals surface area contributed by atoms with E-state index < -0.39 is 28.1 Å². The van der Waals surface area contributed by atoms with Crippen LogP contribution >= 0.6 is 15.9 Å². The molecule has 3 rings (SSSR count). The summed E-state index contributed by atoms with van der Waals surface area (Å²) < 4.78 is 5.24. The lowest BCUT2D eigenvalue weighted by atomic mass is 10.2. The predicted octanol–water partition coefficient (Wildman–Crippen LogP) is -0.840. The summed E-state index contributed by atoms with van der Waals surface area (Å²) in [5.41, 5.74) is -1.17. The predicted molar refractivity (Wildman–Crippen MR) is 82.8 cm³/mol. The van der Waals surface area contributed by atoms with Gasteiger partial charge in [0.2, 0.25) is 4.63 Å². The van der Waals surface area contributed by atoms with Gasteiger partial charge in [-0.25, -0.2) is 14.8 Å². The van der Waals surface area contributed by atoms with Gasteiger partial charge in [0, 0.05) is 31.1 Å². The summed E-state index contributed by atoms with van der Waals surface area (Å²) >= 11 is 3.20. The van der Waals surface area contributed by atoms with Gasteiger partial charge in [-0.05, 0) is 22.0 Å². The molecule has 0 radical (unpaired) electrons. The Hall–Kier alpha value is -1.88. The molecule has 0 unspecified atom stereocenters. The number of aromatic nitrogens is 4. The molecular weight excluding hydrogens is 372 g/mol. The molecular formula is C13H15BrN4O5. The van der Waals surface area contributed by atoms with E-state index in [0.29, 0.717) is 0 Å². The van der Waals surface area contributed by atoms with Crippen molar-refractivity contribution in [3.8, 4) is 0 Å². The Bertz CT molecular complexity index is 710. The minimum Gasteiger partial charge on any atom is -0.394 e. The smallest absolute Gasteiger partial charge is 0.331 e. The van der Waals surface area contributed by atoms with Gasteiger partial charge < -0.3 is 14.9 Å². The summed E-state index contributed by atoms with van der Waals surface area (Å²) in [6.45, 7) is -0.355. The third kappa shape index (κ3) is 4.32. The average molecular weight is 387 g/mol. The van der Waals surface area contributed by atoms with Crippen molar-refractivity contribution in [3.05, 3.63) is 57.9 Å². The van der Waals surface area contributed by atoms with E-state index in [9.17, 15) is 14.7 Å². The Labute approximate surface area is 138 Å². The molecule has 1 saturated heterocycles. The molecule has 23 heavy (non-hydrogen) atoms. The first-order valence-corrected chi connectivity index (χ1v) is 7.43. The van der Waals surface area contributed by atoms with Gasteiger partial charge in [-0.1, -0.05) is 0 Å². The minimum absolute atomic E-state index is 0.0875. The fourth-order valence-corrected chi connectivity index (χ4v) is 2.85. The van der Waals surface area contributed by atoms with E-state index in [0.717, 1.165) is 4.57 Å². The van der Waals surface area contributed by atoms with Crippen LogP contribution in [0.3, 0.4) is 0 Å². The summed E-state index contributed by atoms with van der Waals surface area (Å²) in [7, 11) is 0. The first kappa shape index (κ1) is 17.5. The van der Waals surface area contributed by atoms with Crippen molar-refractivity contribution in [2.24, 2.45) is 0 Å².